The third-order valence-corrected chi connectivity index (χ3v) is 2.99. The van der Waals surface area contributed by atoms with Crippen molar-refractivity contribution in [2.75, 3.05) is 14.2 Å². The highest BCUT2D eigenvalue weighted by Crippen LogP contribution is 2.29. The summed E-state index contributed by atoms with van der Waals surface area (Å²) in [5.41, 5.74) is 0.512. The molecule has 0 aromatic heterocycles. The lowest BCUT2D eigenvalue weighted by Crippen LogP contribution is -2.08. The normalized spacial score (nSPS) is 10.3. The second kappa shape index (κ2) is 6.35. The molecule has 3 nitrogen and oxygen atoms in total. The van der Waals surface area contributed by atoms with Gasteiger partial charge in [0.05, 0.1) is 14.2 Å². The average Bonchev–Trinajstić information content (AvgIpc) is 2.45. The van der Waals surface area contributed by atoms with Crippen LogP contribution in [0.3, 0.4) is 0 Å². The summed E-state index contributed by atoms with van der Waals surface area (Å²) in [5.74, 6) is -1.06. The summed E-state index contributed by atoms with van der Waals surface area (Å²) >= 11 is 0. The van der Waals surface area contributed by atoms with Gasteiger partial charge in [-0.05, 0) is 29.8 Å². The van der Waals surface area contributed by atoms with Crippen molar-refractivity contribution in [1.82, 2.24) is 0 Å². The van der Waals surface area contributed by atoms with E-state index in [1.807, 2.05) is 0 Å². The first kappa shape index (κ1) is 15.0. The molecule has 2 aromatic rings. The van der Waals surface area contributed by atoms with E-state index in [1.54, 1.807) is 18.2 Å². The maximum absolute atomic E-state index is 13.2. The zero-order chi connectivity index (χ0) is 15.4. The molecular weight excluding hydrogens is 278 g/mol. The van der Waals surface area contributed by atoms with E-state index in [2.05, 4.69) is 0 Å². The molecule has 0 aliphatic rings. The number of hydrogen-bond acceptors (Lipinski definition) is 3. The van der Waals surface area contributed by atoms with Gasteiger partial charge in [-0.25, -0.2) is 8.78 Å². The fraction of sp³-hybridized carbons (Fsp3) is 0.188. The van der Waals surface area contributed by atoms with Crippen LogP contribution in [0.25, 0.3) is 0 Å². The Morgan fingerprint density at radius 1 is 1.00 bits per heavy atom. The molecule has 0 unspecified atom stereocenters. The van der Waals surface area contributed by atoms with Crippen LogP contribution in [-0.4, -0.2) is 20.0 Å². The van der Waals surface area contributed by atoms with Gasteiger partial charge in [0.25, 0.3) is 0 Å². The average molecular weight is 292 g/mol. The van der Waals surface area contributed by atoms with Gasteiger partial charge >= 0.3 is 0 Å². The van der Waals surface area contributed by atoms with Gasteiger partial charge in [-0.3, -0.25) is 4.79 Å². The Kier molecular flexibility index (Phi) is 4.52. The lowest BCUT2D eigenvalue weighted by Gasteiger charge is -2.12. The summed E-state index contributed by atoms with van der Waals surface area (Å²) < 4.78 is 36.6. The van der Waals surface area contributed by atoms with Gasteiger partial charge in [0.15, 0.2) is 5.78 Å². The summed E-state index contributed by atoms with van der Waals surface area (Å²) in [6, 6.07) is 7.96. The lowest BCUT2D eigenvalue weighted by molar-refractivity contribution is 0.0987. The van der Waals surface area contributed by atoms with Gasteiger partial charge in [-0.2, -0.15) is 0 Å². The zero-order valence-corrected chi connectivity index (χ0v) is 11.7. The van der Waals surface area contributed by atoms with Crippen molar-refractivity contribution in [1.29, 1.82) is 0 Å². The second-order valence-corrected chi connectivity index (χ2v) is 4.42. The second-order valence-electron chi connectivity index (χ2n) is 4.42. The predicted octanol–water partition coefficient (Wildman–Crippen LogP) is 3.41. The van der Waals surface area contributed by atoms with E-state index < -0.39 is 11.6 Å². The number of halogens is 2. The predicted molar refractivity (Wildman–Crippen MR) is 73.9 cm³/mol. The Morgan fingerprint density at radius 3 is 2.00 bits per heavy atom. The molecule has 2 aromatic carbocycles. The number of benzene rings is 2. The number of carbonyl (C=O) groups is 1. The number of rotatable bonds is 5. The number of carbonyl (C=O) groups excluding carboxylic acids is 1. The summed E-state index contributed by atoms with van der Waals surface area (Å²) in [5, 5.41) is 0. The van der Waals surface area contributed by atoms with Crippen LogP contribution >= 0.6 is 0 Å². The highest BCUT2D eigenvalue weighted by Gasteiger charge is 2.18. The quantitative estimate of drug-likeness (QED) is 0.792. The van der Waals surface area contributed by atoms with Crippen molar-refractivity contribution in [2.45, 2.75) is 6.42 Å². The van der Waals surface area contributed by atoms with E-state index in [4.69, 9.17) is 9.47 Å². The van der Waals surface area contributed by atoms with Crippen molar-refractivity contribution >= 4 is 5.78 Å². The van der Waals surface area contributed by atoms with Gasteiger partial charge in [0, 0.05) is 12.5 Å². The minimum Gasteiger partial charge on any atom is -0.496 e. The molecule has 0 aliphatic heterocycles. The summed E-state index contributed by atoms with van der Waals surface area (Å²) in [6.07, 6.45) is -0.147. The molecule has 0 bridgehead atoms. The van der Waals surface area contributed by atoms with E-state index in [1.165, 1.54) is 14.2 Å². The molecule has 0 radical (unpaired) electrons. The van der Waals surface area contributed by atoms with Crippen molar-refractivity contribution in [2.24, 2.45) is 0 Å². The van der Waals surface area contributed by atoms with Crippen LogP contribution in [0, 0.1) is 11.6 Å². The lowest BCUT2D eigenvalue weighted by atomic mass is 10.0. The molecule has 0 heterocycles. The van der Waals surface area contributed by atoms with Crippen LogP contribution in [0.15, 0.2) is 36.4 Å². The molecule has 0 saturated carbocycles. The molecule has 0 spiro atoms. The van der Waals surface area contributed by atoms with Crippen LogP contribution in [-0.2, 0) is 6.42 Å². The SMILES string of the molecule is COc1cccc(OC)c1C(=O)Cc1cc(F)cc(F)c1. The van der Waals surface area contributed by atoms with Crippen LogP contribution in [0.5, 0.6) is 11.5 Å². The highest BCUT2D eigenvalue weighted by atomic mass is 19.1. The van der Waals surface area contributed by atoms with Crippen LogP contribution in [0.2, 0.25) is 0 Å². The van der Waals surface area contributed by atoms with E-state index in [0.717, 1.165) is 18.2 Å². The molecule has 2 rings (SSSR count). The van der Waals surface area contributed by atoms with Gasteiger partial charge in [0.2, 0.25) is 0 Å². The van der Waals surface area contributed by atoms with E-state index in [0.29, 0.717) is 11.5 Å². The first-order valence-electron chi connectivity index (χ1n) is 6.24. The van der Waals surface area contributed by atoms with Crippen LogP contribution in [0.4, 0.5) is 8.78 Å². The third-order valence-electron chi connectivity index (χ3n) is 2.99. The Hall–Kier alpha value is -2.43. The molecular formula is C16H14F2O3. The molecule has 0 aliphatic carbocycles. The standard InChI is InChI=1S/C16H14F2O3/c1-20-14-4-3-5-15(21-2)16(14)13(19)8-10-6-11(17)9-12(18)7-10/h3-7,9H,8H2,1-2H3. The van der Waals surface area contributed by atoms with Crippen molar-refractivity contribution in [3.05, 3.63) is 59.2 Å². The summed E-state index contributed by atoms with van der Waals surface area (Å²) in [4.78, 5) is 12.4. The largest absolute Gasteiger partial charge is 0.496 e. The Morgan fingerprint density at radius 2 is 1.52 bits per heavy atom. The van der Waals surface area contributed by atoms with Gasteiger partial charge < -0.3 is 9.47 Å². The molecule has 0 N–H and O–H groups in total. The maximum Gasteiger partial charge on any atom is 0.174 e. The summed E-state index contributed by atoms with van der Waals surface area (Å²) in [7, 11) is 2.88. The van der Waals surface area contributed by atoms with Crippen molar-refractivity contribution < 1.29 is 23.0 Å². The topological polar surface area (TPSA) is 35.5 Å². The summed E-state index contributed by atoms with van der Waals surface area (Å²) in [6.45, 7) is 0. The molecule has 21 heavy (non-hydrogen) atoms. The fourth-order valence-corrected chi connectivity index (χ4v) is 2.11. The van der Waals surface area contributed by atoms with Gasteiger partial charge in [-0.15, -0.1) is 0 Å². The molecule has 0 atom stereocenters. The zero-order valence-electron chi connectivity index (χ0n) is 11.7. The number of hydrogen-bond donors (Lipinski definition) is 0. The number of Topliss-reactive ketones (excluding diaryl/α,β-unsaturated/α-hetero) is 1. The molecule has 110 valence electrons. The van der Waals surface area contributed by atoms with E-state index in [9.17, 15) is 13.6 Å². The first-order valence-corrected chi connectivity index (χ1v) is 6.24. The monoisotopic (exact) mass is 292 g/mol. The number of ether oxygens (including phenoxy) is 2. The molecule has 0 fully saturated rings. The highest BCUT2D eigenvalue weighted by molar-refractivity contribution is 6.02. The third kappa shape index (κ3) is 3.37. The van der Waals surface area contributed by atoms with Crippen molar-refractivity contribution in [3.63, 3.8) is 0 Å². The minimum atomic E-state index is -0.718. The number of methoxy groups -OCH3 is 2. The smallest absolute Gasteiger partial charge is 0.174 e. The fourth-order valence-electron chi connectivity index (χ4n) is 2.11. The van der Waals surface area contributed by atoms with Crippen molar-refractivity contribution in [3.8, 4) is 11.5 Å². The van der Waals surface area contributed by atoms with E-state index in [-0.39, 0.29) is 23.3 Å². The molecule has 0 saturated heterocycles. The Labute approximate surface area is 121 Å². The molecule has 5 heteroatoms. The Bertz CT molecular complexity index is 626. The van der Waals surface area contributed by atoms with E-state index >= 15 is 0 Å². The maximum atomic E-state index is 13.2. The Balaban J connectivity index is 2.36. The minimum absolute atomic E-state index is 0.147. The van der Waals surface area contributed by atoms with Gasteiger partial charge in [-0.1, -0.05) is 6.07 Å². The van der Waals surface area contributed by atoms with Gasteiger partial charge in [0.1, 0.15) is 28.7 Å². The van der Waals surface area contributed by atoms with Crippen LogP contribution < -0.4 is 9.47 Å². The van der Waals surface area contributed by atoms with Crippen LogP contribution in [0.1, 0.15) is 15.9 Å². The molecule has 0 amide bonds. The number of ketones is 1. The first-order chi connectivity index (χ1) is 10.0.